The second-order valence-corrected chi connectivity index (χ2v) is 5.40. The van der Waals surface area contributed by atoms with E-state index in [0.29, 0.717) is 17.1 Å². The third-order valence-corrected chi connectivity index (χ3v) is 3.40. The minimum atomic E-state index is -0.287. The van der Waals surface area contributed by atoms with Gasteiger partial charge in [-0.05, 0) is 42.8 Å². The highest BCUT2D eigenvalue weighted by Crippen LogP contribution is 2.21. The zero-order chi connectivity index (χ0) is 13.1. The number of hydrogen-bond acceptors (Lipinski definition) is 1. The zero-order valence-electron chi connectivity index (χ0n) is 9.81. The summed E-state index contributed by atoms with van der Waals surface area (Å²) in [6.45, 7) is 2.44. The summed E-state index contributed by atoms with van der Waals surface area (Å²) in [6.07, 6.45) is 0. The molecule has 0 radical (unpaired) electrons. The van der Waals surface area contributed by atoms with E-state index in [-0.39, 0.29) is 5.82 Å². The number of aryl methyl sites for hydroxylation is 1. The third kappa shape index (κ3) is 3.24. The van der Waals surface area contributed by atoms with Gasteiger partial charge in [0.05, 0.1) is 0 Å². The van der Waals surface area contributed by atoms with E-state index in [0.717, 1.165) is 15.7 Å². The van der Waals surface area contributed by atoms with Gasteiger partial charge in [-0.1, -0.05) is 33.6 Å². The Morgan fingerprint density at radius 1 is 1.22 bits per heavy atom. The highest BCUT2D eigenvalue weighted by Gasteiger charge is 2.04. The van der Waals surface area contributed by atoms with Crippen LogP contribution in [-0.4, -0.2) is 0 Å². The number of nitrogens with one attached hydrogen (secondary N) is 1. The maximum atomic E-state index is 13.6. The maximum absolute atomic E-state index is 13.6. The van der Waals surface area contributed by atoms with Crippen molar-refractivity contribution in [2.75, 3.05) is 5.32 Å². The Morgan fingerprint density at radius 3 is 2.67 bits per heavy atom. The number of anilines is 1. The van der Waals surface area contributed by atoms with Crippen LogP contribution < -0.4 is 5.32 Å². The smallest absolute Gasteiger partial charge is 0.129 e. The molecule has 1 N–H and O–H groups in total. The molecule has 1 nitrogen and oxygen atoms in total. The first-order valence-electron chi connectivity index (χ1n) is 5.50. The van der Waals surface area contributed by atoms with E-state index in [4.69, 9.17) is 11.6 Å². The molecule has 94 valence electrons. The fraction of sp³-hybridized carbons (Fsp3) is 0.143. The van der Waals surface area contributed by atoms with E-state index < -0.39 is 0 Å². The summed E-state index contributed by atoms with van der Waals surface area (Å²) < 4.78 is 14.6. The van der Waals surface area contributed by atoms with Gasteiger partial charge in [-0.3, -0.25) is 0 Å². The van der Waals surface area contributed by atoms with Crippen molar-refractivity contribution in [2.24, 2.45) is 0 Å². The first-order valence-corrected chi connectivity index (χ1v) is 6.67. The first kappa shape index (κ1) is 13.4. The molecule has 18 heavy (non-hydrogen) atoms. The topological polar surface area (TPSA) is 12.0 Å². The molecule has 4 heteroatoms. The van der Waals surface area contributed by atoms with Gasteiger partial charge in [-0.15, -0.1) is 0 Å². The van der Waals surface area contributed by atoms with Crippen LogP contribution >= 0.6 is 27.5 Å². The molecule has 0 saturated heterocycles. The van der Waals surface area contributed by atoms with Gasteiger partial charge in [-0.25, -0.2) is 4.39 Å². The standard InChI is InChI=1S/C14H12BrClFN/c1-9-6-11(15)3-5-14(9)18-8-10-2-4-12(16)7-13(10)17/h2-7,18H,8H2,1H3. The maximum Gasteiger partial charge on any atom is 0.129 e. The molecule has 0 unspecified atom stereocenters. The zero-order valence-corrected chi connectivity index (χ0v) is 12.1. The lowest BCUT2D eigenvalue weighted by molar-refractivity contribution is 0.613. The van der Waals surface area contributed by atoms with Gasteiger partial charge >= 0.3 is 0 Å². The first-order chi connectivity index (χ1) is 8.56. The lowest BCUT2D eigenvalue weighted by atomic mass is 10.1. The van der Waals surface area contributed by atoms with Crippen LogP contribution in [0.2, 0.25) is 5.02 Å². The third-order valence-electron chi connectivity index (χ3n) is 2.67. The molecular weight excluding hydrogens is 317 g/mol. The predicted molar refractivity (Wildman–Crippen MR) is 77.6 cm³/mol. The van der Waals surface area contributed by atoms with Crippen molar-refractivity contribution < 1.29 is 4.39 Å². The van der Waals surface area contributed by atoms with Gasteiger partial charge in [0.15, 0.2) is 0 Å². The van der Waals surface area contributed by atoms with Gasteiger partial charge < -0.3 is 5.32 Å². The molecule has 0 saturated carbocycles. The predicted octanol–water partition coefficient (Wildman–Crippen LogP) is 5.16. The van der Waals surface area contributed by atoms with Crippen molar-refractivity contribution in [2.45, 2.75) is 13.5 Å². The SMILES string of the molecule is Cc1cc(Br)ccc1NCc1ccc(Cl)cc1F. The molecule has 0 bridgehead atoms. The summed E-state index contributed by atoms with van der Waals surface area (Å²) in [6, 6.07) is 10.6. The number of hydrogen-bond donors (Lipinski definition) is 1. The molecule has 2 aromatic rings. The molecule has 0 amide bonds. The lowest BCUT2D eigenvalue weighted by Gasteiger charge is -2.10. The summed E-state index contributed by atoms with van der Waals surface area (Å²) in [4.78, 5) is 0. The largest absolute Gasteiger partial charge is 0.381 e. The van der Waals surface area contributed by atoms with Crippen LogP contribution in [0.5, 0.6) is 0 Å². The summed E-state index contributed by atoms with van der Waals surface area (Å²) in [7, 11) is 0. The molecule has 0 atom stereocenters. The van der Waals surface area contributed by atoms with Crippen molar-refractivity contribution in [3.63, 3.8) is 0 Å². The average Bonchev–Trinajstić information content (AvgIpc) is 2.30. The van der Waals surface area contributed by atoms with Crippen LogP contribution in [0, 0.1) is 12.7 Å². The second-order valence-electron chi connectivity index (χ2n) is 4.05. The Balaban J connectivity index is 2.11. The van der Waals surface area contributed by atoms with Crippen molar-refractivity contribution in [1.29, 1.82) is 0 Å². The quantitative estimate of drug-likeness (QED) is 0.820. The van der Waals surface area contributed by atoms with Crippen molar-refractivity contribution in [3.05, 3.63) is 62.8 Å². The Bertz CT molecular complexity index is 520. The molecule has 0 spiro atoms. The highest BCUT2D eigenvalue weighted by molar-refractivity contribution is 9.10. The Labute approximate surface area is 119 Å². The van der Waals surface area contributed by atoms with Gasteiger partial charge in [0.1, 0.15) is 5.82 Å². The van der Waals surface area contributed by atoms with Crippen LogP contribution in [-0.2, 0) is 6.54 Å². The van der Waals surface area contributed by atoms with Crippen molar-refractivity contribution in [3.8, 4) is 0 Å². The molecular formula is C14H12BrClFN. The van der Waals surface area contributed by atoms with E-state index in [9.17, 15) is 4.39 Å². The summed E-state index contributed by atoms with van der Waals surface area (Å²) in [5, 5.41) is 3.63. The Morgan fingerprint density at radius 2 is 2.00 bits per heavy atom. The minimum absolute atomic E-state index is 0.287. The van der Waals surface area contributed by atoms with Gasteiger partial charge in [-0.2, -0.15) is 0 Å². The van der Waals surface area contributed by atoms with Crippen LogP contribution in [0.3, 0.4) is 0 Å². The minimum Gasteiger partial charge on any atom is -0.381 e. The molecule has 2 aromatic carbocycles. The van der Waals surface area contributed by atoms with Crippen LogP contribution in [0.15, 0.2) is 40.9 Å². The van der Waals surface area contributed by atoms with Crippen LogP contribution in [0.25, 0.3) is 0 Å². The van der Waals surface area contributed by atoms with Gasteiger partial charge in [0.25, 0.3) is 0 Å². The molecule has 0 aromatic heterocycles. The lowest BCUT2D eigenvalue weighted by Crippen LogP contribution is -2.03. The fourth-order valence-electron chi connectivity index (χ4n) is 1.68. The van der Waals surface area contributed by atoms with Crippen LogP contribution in [0.4, 0.5) is 10.1 Å². The van der Waals surface area contributed by atoms with Gasteiger partial charge in [0, 0.05) is 27.3 Å². The molecule has 0 aliphatic heterocycles. The monoisotopic (exact) mass is 327 g/mol. The average molecular weight is 329 g/mol. The van der Waals surface area contributed by atoms with E-state index in [2.05, 4.69) is 21.2 Å². The fourth-order valence-corrected chi connectivity index (χ4v) is 2.32. The Hall–Kier alpha value is -1.06. The molecule has 0 heterocycles. The molecule has 2 rings (SSSR count). The molecule has 0 aliphatic carbocycles. The summed E-state index contributed by atoms with van der Waals surface area (Å²) in [5.41, 5.74) is 2.70. The Kier molecular flexibility index (Phi) is 4.25. The normalized spacial score (nSPS) is 10.4. The van der Waals surface area contributed by atoms with Crippen molar-refractivity contribution >= 4 is 33.2 Å². The van der Waals surface area contributed by atoms with Crippen LogP contribution in [0.1, 0.15) is 11.1 Å². The van der Waals surface area contributed by atoms with E-state index in [1.165, 1.54) is 6.07 Å². The van der Waals surface area contributed by atoms with E-state index in [1.807, 2.05) is 25.1 Å². The highest BCUT2D eigenvalue weighted by atomic mass is 79.9. The number of rotatable bonds is 3. The second kappa shape index (κ2) is 5.72. The number of halogens is 3. The molecule has 0 fully saturated rings. The summed E-state index contributed by atoms with van der Waals surface area (Å²) >= 11 is 9.12. The van der Waals surface area contributed by atoms with Gasteiger partial charge in [0.2, 0.25) is 0 Å². The van der Waals surface area contributed by atoms with Crippen molar-refractivity contribution in [1.82, 2.24) is 0 Å². The molecule has 0 aliphatic rings. The van der Waals surface area contributed by atoms with E-state index >= 15 is 0 Å². The summed E-state index contributed by atoms with van der Waals surface area (Å²) in [5.74, 6) is -0.287. The number of benzene rings is 2. The van der Waals surface area contributed by atoms with E-state index in [1.54, 1.807) is 12.1 Å².